The molecule has 8 heteroatoms. The Bertz CT molecular complexity index is 745. The molecule has 7 nitrogen and oxygen atoms in total. The van der Waals surface area contributed by atoms with E-state index in [9.17, 15) is 9.59 Å². The van der Waals surface area contributed by atoms with Crippen molar-refractivity contribution in [2.45, 2.75) is 62.4 Å². The largest absolute Gasteiger partial charge is 0.444 e. The summed E-state index contributed by atoms with van der Waals surface area (Å²) in [5.41, 5.74) is 0.0614. The summed E-state index contributed by atoms with van der Waals surface area (Å²) < 4.78 is 16.7. The van der Waals surface area contributed by atoms with Crippen molar-refractivity contribution in [2.24, 2.45) is 0 Å². The van der Waals surface area contributed by atoms with E-state index in [1.54, 1.807) is 23.8 Å². The number of methoxy groups -OCH3 is 1. The van der Waals surface area contributed by atoms with Gasteiger partial charge in [0.05, 0.1) is 30.4 Å². The van der Waals surface area contributed by atoms with Gasteiger partial charge in [0.2, 0.25) is 0 Å². The Balaban J connectivity index is 1.62. The molecule has 3 atom stereocenters. The summed E-state index contributed by atoms with van der Waals surface area (Å²) >= 11 is 1.65. The first-order chi connectivity index (χ1) is 14.3. The molecule has 2 heterocycles. The molecule has 3 rings (SSSR count). The molecule has 0 aliphatic carbocycles. The zero-order chi connectivity index (χ0) is 21.7. The summed E-state index contributed by atoms with van der Waals surface area (Å²) in [7, 11) is 1.59. The molecule has 0 spiro atoms. The number of amides is 2. The van der Waals surface area contributed by atoms with Crippen molar-refractivity contribution < 1.29 is 23.8 Å². The van der Waals surface area contributed by atoms with Crippen molar-refractivity contribution in [2.75, 3.05) is 32.6 Å². The molecule has 2 amide bonds. The number of thioether (sulfide) groups is 1. The lowest BCUT2D eigenvalue weighted by molar-refractivity contribution is 0.0252. The smallest absolute Gasteiger partial charge is 0.410 e. The van der Waals surface area contributed by atoms with Crippen molar-refractivity contribution >= 4 is 23.8 Å². The molecule has 166 valence electrons. The zero-order valence-corrected chi connectivity index (χ0v) is 19.0. The van der Waals surface area contributed by atoms with Crippen molar-refractivity contribution in [1.29, 1.82) is 0 Å². The van der Waals surface area contributed by atoms with Gasteiger partial charge in [0.25, 0.3) is 5.91 Å². The van der Waals surface area contributed by atoms with Crippen LogP contribution in [0, 0.1) is 0 Å². The lowest BCUT2D eigenvalue weighted by atomic mass is 10.1. The average molecular weight is 437 g/mol. The fraction of sp³-hybridized carbons (Fsp3) is 0.636. The number of rotatable bonds is 6. The van der Waals surface area contributed by atoms with Gasteiger partial charge in [-0.25, -0.2) is 4.79 Å². The molecule has 30 heavy (non-hydrogen) atoms. The SMILES string of the molecule is CO[C@H]1CN(C(=O)OC(C)(C)C)C[C@@H]1NC(=O)c1ccccc1SC[C@@H]1CCCO1. The Morgan fingerprint density at radius 2 is 2.03 bits per heavy atom. The number of carbonyl (C=O) groups is 2. The van der Waals surface area contributed by atoms with E-state index in [1.807, 2.05) is 45.0 Å². The molecule has 0 saturated carbocycles. The number of hydrogen-bond acceptors (Lipinski definition) is 6. The van der Waals surface area contributed by atoms with Crippen LogP contribution >= 0.6 is 11.8 Å². The van der Waals surface area contributed by atoms with E-state index in [0.29, 0.717) is 18.7 Å². The molecule has 0 aromatic heterocycles. The average Bonchev–Trinajstić information content (AvgIpc) is 3.35. The highest BCUT2D eigenvalue weighted by atomic mass is 32.2. The number of nitrogens with zero attached hydrogens (tertiary/aromatic N) is 1. The van der Waals surface area contributed by atoms with Crippen molar-refractivity contribution in [3.8, 4) is 0 Å². The van der Waals surface area contributed by atoms with Gasteiger partial charge in [-0.15, -0.1) is 11.8 Å². The first-order valence-electron chi connectivity index (χ1n) is 10.4. The first kappa shape index (κ1) is 22.9. The van der Waals surface area contributed by atoms with E-state index >= 15 is 0 Å². The van der Waals surface area contributed by atoms with Crippen molar-refractivity contribution in [3.05, 3.63) is 29.8 Å². The fourth-order valence-electron chi connectivity index (χ4n) is 3.61. The maximum absolute atomic E-state index is 13.0. The van der Waals surface area contributed by atoms with Crippen LogP contribution < -0.4 is 5.32 Å². The maximum atomic E-state index is 13.0. The summed E-state index contributed by atoms with van der Waals surface area (Å²) in [6.07, 6.45) is 1.74. The van der Waals surface area contributed by atoms with E-state index in [0.717, 1.165) is 30.1 Å². The predicted molar refractivity (Wildman–Crippen MR) is 116 cm³/mol. The highest BCUT2D eigenvalue weighted by molar-refractivity contribution is 7.99. The van der Waals surface area contributed by atoms with E-state index in [2.05, 4.69) is 5.32 Å². The predicted octanol–water partition coefficient (Wildman–Crippen LogP) is 3.32. The minimum Gasteiger partial charge on any atom is -0.444 e. The molecular weight excluding hydrogens is 404 g/mol. The van der Waals surface area contributed by atoms with Crippen LogP contribution in [0.15, 0.2) is 29.2 Å². The molecule has 0 bridgehead atoms. The van der Waals surface area contributed by atoms with Crippen LogP contribution in [0.3, 0.4) is 0 Å². The number of hydrogen-bond donors (Lipinski definition) is 1. The summed E-state index contributed by atoms with van der Waals surface area (Å²) in [6, 6.07) is 7.29. The third kappa shape index (κ3) is 6.12. The van der Waals surface area contributed by atoms with Gasteiger partial charge in [-0.3, -0.25) is 4.79 Å². The summed E-state index contributed by atoms with van der Waals surface area (Å²) in [6.45, 7) is 7.05. The van der Waals surface area contributed by atoms with Gasteiger partial charge in [-0.2, -0.15) is 0 Å². The Morgan fingerprint density at radius 1 is 1.27 bits per heavy atom. The van der Waals surface area contributed by atoms with Crippen LogP contribution in [0.4, 0.5) is 4.79 Å². The second kappa shape index (κ2) is 10.0. The number of carbonyl (C=O) groups excluding carboxylic acids is 2. The van der Waals surface area contributed by atoms with Gasteiger partial charge >= 0.3 is 6.09 Å². The molecule has 1 N–H and O–H groups in total. The van der Waals surface area contributed by atoms with Gasteiger partial charge in [0, 0.05) is 30.9 Å². The van der Waals surface area contributed by atoms with Crippen LogP contribution in [0.1, 0.15) is 44.0 Å². The number of benzene rings is 1. The monoisotopic (exact) mass is 436 g/mol. The Labute approximate surface area is 182 Å². The van der Waals surface area contributed by atoms with Gasteiger partial charge in [0.1, 0.15) is 5.60 Å². The Kier molecular flexibility index (Phi) is 7.65. The van der Waals surface area contributed by atoms with Crippen molar-refractivity contribution in [1.82, 2.24) is 10.2 Å². The lowest BCUT2D eigenvalue weighted by Crippen LogP contribution is -2.44. The molecular formula is C22H32N2O5S. The normalized spacial score (nSPS) is 24.1. The van der Waals surface area contributed by atoms with E-state index in [4.69, 9.17) is 14.2 Å². The summed E-state index contributed by atoms with van der Waals surface area (Å²) in [5.74, 6) is 0.671. The first-order valence-corrected chi connectivity index (χ1v) is 11.4. The van der Waals surface area contributed by atoms with E-state index in [1.165, 1.54) is 0 Å². The molecule has 0 radical (unpaired) electrons. The maximum Gasteiger partial charge on any atom is 0.410 e. The van der Waals surface area contributed by atoms with Crippen LogP contribution in [0.5, 0.6) is 0 Å². The molecule has 1 aromatic rings. The molecule has 2 fully saturated rings. The molecule has 2 aliphatic heterocycles. The third-order valence-electron chi connectivity index (χ3n) is 5.12. The van der Waals surface area contributed by atoms with Gasteiger partial charge < -0.3 is 24.4 Å². The third-order valence-corrected chi connectivity index (χ3v) is 6.32. The minimum atomic E-state index is -0.569. The van der Waals surface area contributed by atoms with E-state index < -0.39 is 11.7 Å². The zero-order valence-electron chi connectivity index (χ0n) is 18.2. The van der Waals surface area contributed by atoms with Gasteiger partial charge in [0.15, 0.2) is 0 Å². The fourth-order valence-corrected chi connectivity index (χ4v) is 4.73. The standard InChI is InChI=1S/C22H32N2O5S/c1-22(2,3)29-21(26)24-12-17(18(13-24)27-4)23-20(25)16-9-5-6-10-19(16)30-14-15-8-7-11-28-15/h5-6,9-10,15,17-18H,7-8,11-14H2,1-4H3,(H,23,25)/t15-,17-,18-/m0/s1. The number of ether oxygens (including phenoxy) is 3. The minimum absolute atomic E-state index is 0.163. The second-order valence-electron chi connectivity index (χ2n) is 8.68. The van der Waals surface area contributed by atoms with Crippen LogP contribution in [-0.4, -0.2) is 73.3 Å². The van der Waals surface area contributed by atoms with Crippen LogP contribution in [0.2, 0.25) is 0 Å². The number of nitrogens with one attached hydrogen (secondary N) is 1. The topological polar surface area (TPSA) is 77.1 Å². The number of likely N-dealkylation sites (tertiary alicyclic amines) is 1. The second-order valence-corrected chi connectivity index (χ2v) is 9.74. The lowest BCUT2D eigenvalue weighted by Gasteiger charge is -2.24. The van der Waals surface area contributed by atoms with Crippen molar-refractivity contribution in [3.63, 3.8) is 0 Å². The Hall–Kier alpha value is -1.77. The van der Waals surface area contributed by atoms with Gasteiger partial charge in [-0.05, 0) is 45.7 Å². The van der Waals surface area contributed by atoms with Crippen LogP contribution in [0.25, 0.3) is 0 Å². The molecule has 2 aliphatic rings. The summed E-state index contributed by atoms with van der Waals surface area (Å²) in [5, 5.41) is 3.05. The highest BCUT2D eigenvalue weighted by Gasteiger charge is 2.38. The molecule has 0 unspecified atom stereocenters. The Morgan fingerprint density at radius 3 is 2.70 bits per heavy atom. The molecule has 1 aromatic carbocycles. The van der Waals surface area contributed by atoms with Gasteiger partial charge in [-0.1, -0.05) is 12.1 Å². The van der Waals surface area contributed by atoms with E-state index in [-0.39, 0.29) is 24.2 Å². The van der Waals surface area contributed by atoms with Crippen LogP contribution in [-0.2, 0) is 14.2 Å². The highest BCUT2D eigenvalue weighted by Crippen LogP contribution is 2.27. The summed E-state index contributed by atoms with van der Waals surface area (Å²) in [4.78, 5) is 28.0. The molecule has 2 saturated heterocycles. The quantitative estimate of drug-likeness (QED) is 0.690.